The Bertz CT molecular complexity index is 661. The molecule has 21 heavy (non-hydrogen) atoms. The van der Waals surface area contributed by atoms with Gasteiger partial charge in [0, 0.05) is 45.8 Å². The number of allylic oxidation sites excluding steroid dienone is 3. The third-order valence-corrected chi connectivity index (χ3v) is 3.56. The van der Waals surface area contributed by atoms with Crippen molar-refractivity contribution in [2.45, 2.75) is 0 Å². The van der Waals surface area contributed by atoms with E-state index in [2.05, 4.69) is 34.5 Å². The molecule has 105 valence electrons. The number of hydrogen-bond acceptors (Lipinski definition) is 2. The van der Waals surface area contributed by atoms with E-state index in [1.807, 2.05) is 0 Å². The first-order chi connectivity index (χ1) is 9.54. The number of terminal acetylenes is 1. The summed E-state index contributed by atoms with van der Waals surface area (Å²) in [6.07, 6.45) is 9.85. The maximum Gasteiger partial charge on any atom is 0.148 e. The van der Waals surface area contributed by atoms with Gasteiger partial charge >= 0.3 is 0 Å². The molecule has 5 heteroatoms. The summed E-state index contributed by atoms with van der Waals surface area (Å²) in [5.41, 5.74) is 1.78. The van der Waals surface area contributed by atoms with Crippen molar-refractivity contribution >= 4 is 21.6 Å². The minimum absolute atomic E-state index is 0. The van der Waals surface area contributed by atoms with Crippen molar-refractivity contribution < 1.29 is 41.8 Å². The van der Waals surface area contributed by atoms with Crippen LogP contribution in [0.2, 0.25) is 0 Å². The molecule has 0 fully saturated rings. The summed E-state index contributed by atoms with van der Waals surface area (Å²) < 4.78 is 20.2. The average Bonchev–Trinajstić information content (AvgIpc) is 2.44. The first-order valence-corrected chi connectivity index (χ1v) is 6.62. The number of likely N-dealkylation sites (N-methyl/N-ethyl adjacent to an activating group) is 1. The van der Waals surface area contributed by atoms with Crippen molar-refractivity contribution in [2.24, 2.45) is 0 Å². The number of nitrogens with zero attached hydrogens (tertiary/aromatic N) is 1. The Labute approximate surface area is 157 Å². The molecule has 0 N–H and O–H groups in total. The van der Waals surface area contributed by atoms with Crippen LogP contribution in [0.4, 0.5) is 4.39 Å². The van der Waals surface area contributed by atoms with Gasteiger partial charge in [-0.2, -0.15) is 12.2 Å². The summed E-state index contributed by atoms with van der Waals surface area (Å²) in [6, 6.07) is 4.63. The minimum atomic E-state index is -0.395. The van der Waals surface area contributed by atoms with E-state index in [1.165, 1.54) is 6.07 Å². The van der Waals surface area contributed by atoms with Gasteiger partial charge in [0.15, 0.2) is 0 Å². The number of benzene rings is 1. The van der Waals surface area contributed by atoms with Crippen molar-refractivity contribution in [1.29, 1.82) is 0 Å². The smallest absolute Gasteiger partial charge is 0.148 e. The molecule has 0 saturated carbocycles. The van der Waals surface area contributed by atoms with Crippen LogP contribution in [-0.4, -0.2) is 18.6 Å². The minimum Gasteiger partial charge on any atom is -0.481 e. The van der Waals surface area contributed by atoms with Gasteiger partial charge in [-0.05, 0) is 11.8 Å². The summed E-state index contributed by atoms with van der Waals surface area (Å²) in [5, 5.41) is 0. The molecule has 0 amide bonds. The Kier molecular flexibility index (Phi) is 6.86. The van der Waals surface area contributed by atoms with Gasteiger partial charge in [0.2, 0.25) is 0 Å². The fourth-order valence-corrected chi connectivity index (χ4v) is 2.15. The maximum atomic E-state index is 14.2. The molecule has 1 aliphatic rings. The van der Waals surface area contributed by atoms with Gasteiger partial charge < -0.3 is 9.64 Å². The van der Waals surface area contributed by atoms with E-state index in [0.29, 0.717) is 17.0 Å². The first kappa shape index (κ1) is 18.2. The molecular formula is C16H12BrFNOY-. The molecule has 0 atom stereocenters. The second kappa shape index (κ2) is 7.93. The molecule has 1 heterocycles. The van der Waals surface area contributed by atoms with Crippen LogP contribution in [0, 0.1) is 24.2 Å². The summed E-state index contributed by atoms with van der Waals surface area (Å²) in [4.78, 5) is 1.77. The maximum absolute atomic E-state index is 14.2. The van der Waals surface area contributed by atoms with Crippen LogP contribution in [0.1, 0.15) is 5.56 Å². The van der Waals surface area contributed by atoms with Gasteiger partial charge in [0.25, 0.3) is 0 Å². The van der Waals surface area contributed by atoms with Crippen molar-refractivity contribution in [2.75, 3.05) is 13.7 Å². The van der Waals surface area contributed by atoms with Crippen molar-refractivity contribution in [3.63, 3.8) is 0 Å². The van der Waals surface area contributed by atoms with Crippen molar-refractivity contribution in [3.8, 4) is 18.1 Å². The monoisotopic (exact) mass is 421 g/mol. The van der Waals surface area contributed by atoms with Gasteiger partial charge in [0.05, 0.1) is 5.82 Å². The Morgan fingerprint density at radius 1 is 1.52 bits per heavy atom. The Morgan fingerprint density at radius 3 is 2.86 bits per heavy atom. The largest absolute Gasteiger partial charge is 0.481 e. The van der Waals surface area contributed by atoms with Gasteiger partial charge in [-0.15, -0.1) is 28.4 Å². The van der Waals surface area contributed by atoms with E-state index < -0.39 is 5.82 Å². The Hall–Kier alpha value is -0.886. The van der Waals surface area contributed by atoms with E-state index in [0.717, 1.165) is 10.2 Å². The second-order valence-electron chi connectivity index (χ2n) is 4.13. The van der Waals surface area contributed by atoms with Crippen LogP contribution in [0.5, 0.6) is 5.75 Å². The molecule has 0 spiro atoms. The fourth-order valence-electron chi connectivity index (χ4n) is 1.77. The molecule has 2 rings (SSSR count). The summed E-state index contributed by atoms with van der Waals surface area (Å²) in [5.74, 6) is 2.34. The van der Waals surface area contributed by atoms with E-state index in [1.54, 1.807) is 30.2 Å². The van der Waals surface area contributed by atoms with E-state index in [9.17, 15) is 4.39 Å². The number of halogens is 2. The zero-order valence-corrected chi connectivity index (χ0v) is 15.9. The van der Waals surface area contributed by atoms with Crippen LogP contribution >= 0.6 is 15.9 Å². The van der Waals surface area contributed by atoms with E-state index in [-0.39, 0.29) is 39.3 Å². The van der Waals surface area contributed by atoms with E-state index in [4.69, 9.17) is 11.2 Å². The van der Waals surface area contributed by atoms with Gasteiger partial charge in [0.1, 0.15) is 12.4 Å². The zero-order chi connectivity index (χ0) is 14.7. The molecule has 1 aromatic rings. The quantitative estimate of drug-likeness (QED) is 0.544. The SMILES string of the molecule is C#CCOc1ccc(C2=[C-]C=C(Br)C(=C)N2C)c(F)c1.[Y]. The molecule has 0 aliphatic carbocycles. The van der Waals surface area contributed by atoms with Crippen LogP contribution in [0.25, 0.3) is 5.70 Å². The number of ether oxygens (including phenoxy) is 1. The Morgan fingerprint density at radius 2 is 2.24 bits per heavy atom. The first-order valence-electron chi connectivity index (χ1n) is 5.83. The molecular weight excluding hydrogens is 410 g/mol. The molecule has 0 bridgehead atoms. The fraction of sp³-hybridized carbons (Fsp3) is 0.125. The summed E-state index contributed by atoms with van der Waals surface area (Å²) >= 11 is 3.36. The third-order valence-electron chi connectivity index (χ3n) is 2.87. The molecule has 1 aromatic carbocycles. The molecule has 0 unspecified atom stereocenters. The van der Waals surface area contributed by atoms with Crippen LogP contribution in [-0.2, 0) is 32.7 Å². The predicted octanol–water partition coefficient (Wildman–Crippen LogP) is 3.72. The number of rotatable bonds is 3. The van der Waals surface area contributed by atoms with Crippen LogP contribution in [0.3, 0.4) is 0 Å². The summed E-state index contributed by atoms with van der Waals surface area (Å²) in [6.45, 7) is 4.03. The van der Waals surface area contributed by atoms with Crippen LogP contribution in [0.15, 0.2) is 41.0 Å². The van der Waals surface area contributed by atoms with E-state index >= 15 is 0 Å². The Balaban J connectivity index is 0.00000220. The van der Waals surface area contributed by atoms with Crippen molar-refractivity contribution in [3.05, 3.63) is 58.5 Å². The zero-order valence-electron chi connectivity index (χ0n) is 11.5. The molecule has 0 aromatic heterocycles. The van der Waals surface area contributed by atoms with Gasteiger partial charge in [-0.25, -0.2) is 4.39 Å². The third kappa shape index (κ3) is 4.06. The molecule has 1 aliphatic heterocycles. The topological polar surface area (TPSA) is 12.5 Å². The van der Waals surface area contributed by atoms with Gasteiger partial charge in [-0.1, -0.05) is 28.2 Å². The normalized spacial score (nSPS) is 13.8. The van der Waals surface area contributed by atoms with Crippen molar-refractivity contribution in [1.82, 2.24) is 4.90 Å². The van der Waals surface area contributed by atoms with Gasteiger partial charge in [-0.3, -0.25) is 0 Å². The molecule has 0 saturated heterocycles. The standard InChI is InChI=1S/C16H12BrFNO.Y/c1-4-9-20-12-5-6-13(15(18)10-12)16-8-7-14(17)11(2)19(16)3;/h1,5-7,10H,2,9H2,3H3;/q-1;. The molecule has 2 nitrogen and oxygen atoms in total. The average molecular weight is 422 g/mol. The number of hydrogen-bond donors (Lipinski definition) is 0. The second-order valence-corrected chi connectivity index (χ2v) is 4.98. The molecule has 1 radical (unpaired) electrons. The predicted molar refractivity (Wildman–Crippen MR) is 81.3 cm³/mol. The summed E-state index contributed by atoms with van der Waals surface area (Å²) in [7, 11) is 1.81. The van der Waals surface area contributed by atoms with Crippen LogP contribution < -0.4 is 4.74 Å².